The summed E-state index contributed by atoms with van der Waals surface area (Å²) in [7, 11) is 0. The van der Waals surface area contributed by atoms with Gasteiger partial charge in [-0.25, -0.2) is 4.98 Å². The Morgan fingerprint density at radius 2 is 1.94 bits per heavy atom. The highest BCUT2D eigenvalue weighted by molar-refractivity contribution is 5.62. The lowest BCUT2D eigenvalue weighted by atomic mass is 10.0. The lowest BCUT2D eigenvalue weighted by Crippen LogP contribution is -2.05. The molecule has 0 fully saturated rings. The van der Waals surface area contributed by atoms with Crippen molar-refractivity contribution in [2.75, 3.05) is 0 Å². The molecule has 0 saturated carbocycles. The highest BCUT2D eigenvalue weighted by Gasteiger charge is 2.35. The van der Waals surface area contributed by atoms with Crippen molar-refractivity contribution in [1.29, 1.82) is 0 Å². The molecule has 0 N–H and O–H groups in total. The number of imidazole rings is 1. The van der Waals surface area contributed by atoms with Gasteiger partial charge >= 0.3 is 6.18 Å². The fraction of sp³-hybridized carbons (Fsp3) is 0.308. The molecule has 0 unspecified atom stereocenters. The van der Waals surface area contributed by atoms with E-state index in [1.807, 2.05) is 24.3 Å². The van der Waals surface area contributed by atoms with E-state index in [0.717, 1.165) is 30.2 Å². The molecule has 0 amide bonds. The summed E-state index contributed by atoms with van der Waals surface area (Å²) < 4.78 is 39.6. The highest BCUT2D eigenvalue weighted by Crippen LogP contribution is 2.33. The Hall–Kier alpha value is -1.78. The largest absolute Gasteiger partial charge is 0.434 e. The lowest BCUT2D eigenvalue weighted by Gasteiger charge is -2.04. The van der Waals surface area contributed by atoms with Crippen LogP contribution in [0, 0.1) is 0 Å². The van der Waals surface area contributed by atoms with Gasteiger partial charge in [-0.15, -0.1) is 0 Å². The van der Waals surface area contributed by atoms with Crippen LogP contribution in [0.4, 0.5) is 13.2 Å². The summed E-state index contributed by atoms with van der Waals surface area (Å²) in [6.45, 7) is 0.576. The second-order valence-electron chi connectivity index (χ2n) is 4.40. The molecule has 1 aliphatic heterocycles. The van der Waals surface area contributed by atoms with Crippen LogP contribution in [0.15, 0.2) is 30.5 Å². The zero-order valence-electron chi connectivity index (χ0n) is 9.54. The molecule has 1 aromatic heterocycles. The van der Waals surface area contributed by atoms with Crippen LogP contribution >= 0.6 is 0 Å². The van der Waals surface area contributed by atoms with Crippen molar-refractivity contribution in [2.24, 2.45) is 0 Å². The van der Waals surface area contributed by atoms with Crippen LogP contribution in [-0.2, 0) is 19.1 Å². The summed E-state index contributed by atoms with van der Waals surface area (Å²) in [6, 6.07) is 7.52. The van der Waals surface area contributed by atoms with E-state index in [1.165, 1.54) is 0 Å². The van der Waals surface area contributed by atoms with Crippen LogP contribution in [0.1, 0.15) is 17.7 Å². The second kappa shape index (κ2) is 3.86. The number of alkyl halides is 3. The maximum Gasteiger partial charge on any atom is 0.434 e. The molecule has 0 atom stereocenters. The molecule has 94 valence electrons. The van der Waals surface area contributed by atoms with Crippen molar-refractivity contribution in [3.8, 4) is 11.4 Å². The topological polar surface area (TPSA) is 17.8 Å². The van der Waals surface area contributed by atoms with Gasteiger partial charge in [-0.1, -0.05) is 24.3 Å². The third-order valence-electron chi connectivity index (χ3n) is 3.17. The molecule has 1 aliphatic rings. The smallest absolute Gasteiger partial charge is 0.330 e. The number of rotatable bonds is 0. The minimum absolute atomic E-state index is 0.426. The van der Waals surface area contributed by atoms with Crippen LogP contribution in [0.5, 0.6) is 0 Å². The first-order valence-corrected chi connectivity index (χ1v) is 5.78. The van der Waals surface area contributed by atoms with Gasteiger partial charge in [-0.2, -0.15) is 13.2 Å². The summed E-state index contributed by atoms with van der Waals surface area (Å²) in [5, 5.41) is 0. The maximum atomic E-state index is 12.7. The highest BCUT2D eigenvalue weighted by atomic mass is 19.4. The monoisotopic (exact) mass is 252 g/mol. The number of aryl methyl sites for hydroxylation is 2. The SMILES string of the molecule is FC(F)(F)c1cn2c(n1)-c1ccccc1CCC2. The minimum Gasteiger partial charge on any atom is -0.330 e. The number of nitrogens with zero attached hydrogens (tertiary/aromatic N) is 2. The first kappa shape index (κ1) is 11.3. The van der Waals surface area contributed by atoms with Crippen LogP contribution in [0.2, 0.25) is 0 Å². The molecule has 3 rings (SSSR count). The number of aromatic nitrogens is 2. The molecular formula is C13H11F3N2. The first-order chi connectivity index (χ1) is 8.55. The molecule has 0 radical (unpaired) electrons. The van der Waals surface area contributed by atoms with Crippen LogP contribution in [0.25, 0.3) is 11.4 Å². The Balaban J connectivity index is 2.18. The normalized spacial score (nSPS) is 14.8. The third-order valence-corrected chi connectivity index (χ3v) is 3.17. The zero-order valence-corrected chi connectivity index (χ0v) is 9.54. The number of benzene rings is 1. The Morgan fingerprint density at radius 1 is 1.17 bits per heavy atom. The summed E-state index contributed by atoms with van der Waals surface area (Å²) >= 11 is 0. The van der Waals surface area contributed by atoms with Gasteiger partial charge in [0.2, 0.25) is 0 Å². The van der Waals surface area contributed by atoms with E-state index >= 15 is 0 Å². The summed E-state index contributed by atoms with van der Waals surface area (Å²) in [4.78, 5) is 3.76. The summed E-state index contributed by atoms with van der Waals surface area (Å²) in [5.74, 6) is 0.426. The number of hydrogen-bond acceptors (Lipinski definition) is 1. The molecule has 18 heavy (non-hydrogen) atoms. The summed E-state index contributed by atoms with van der Waals surface area (Å²) in [5.41, 5.74) is 1.07. The van der Waals surface area contributed by atoms with E-state index in [4.69, 9.17) is 0 Å². The van der Waals surface area contributed by atoms with Gasteiger partial charge in [0, 0.05) is 18.3 Å². The molecule has 0 spiro atoms. The van der Waals surface area contributed by atoms with Gasteiger partial charge in [-0.3, -0.25) is 0 Å². The predicted octanol–water partition coefficient (Wildman–Crippen LogP) is 3.52. The molecule has 0 aliphatic carbocycles. The van der Waals surface area contributed by atoms with Gasteiger partial charge in [0.15, 0.2) is 5.69 Å². The summed E-state index contributed by atoms with van der Waals surface area (Å²) in [6.07, 6.45) is -1.57. The van der Waals surface area contributed by atoms with Gasteiger partial charge < -0.3 is 4.57 Å². The van der Waals surface area contributed by atoms with Gasteiger partial charge in [0.05, 0.1) is 0 Å². The van der Waals surface area contributed by atoms with Crippen molar-refractivity contribution in [3.05, 3.63) is 41.7 Å². The molecule has 5 heteroatoms. The molecule has 0 saturated heterocycles. The van der Waals surface area contributed by atoms with Crippen molar-refractivity contribution in [2.45, 2.75) is 25.6 Å². The quantitative estimate of drug-likeness (QED) is 0.701. The number of halogens is 3. The lowest BCUT2D eigenvalue weighted by molar-refractivity contribution is -0.140. The third kappa shape index (κ3) is 1.79. The van der Waals surface area contributed by atoms with Crippen molar-refractivity contribution >= 4 is 0 Å². The molecule has 0 bridgehead atoms. The van der Waals surface area contributed by atoms with Crippen molar-refractivity contribution < 1.29 is 13.2 Å². The Kier molecular flexibility index (Phi) is 2.43. The zero-order chi connectivity index (χ0) is 12.8. The van der Waals surface area contributed by atoms with Crippen molar-refractivity contribution in [1.82, 2.24) is 9.55 Å². The fourth-order valence-corrected chi connectivity index (χ4v) is 2.33. The molecule has 1 aromatic carbocycles. The number of fused-ring (bicyclic) bond motifs is 3. The van der Waals surface area contributed by atoms with Crippen LogP contribution in [0.3, 0.4) is 0 Å². The van der Waals surface area contributed by atoms with Crippen molar-refractivity contribution in [3.63, 3.8) is 0 Å². The molecule has 2 heterocycles. The average Bonchev–Trinajstić information content (AvgIpc) is 2.67. The van der Waals surface area contributed by atoms with Gasteiger partial charge in [0.25, 0.3) is 0 Å². The van der Waals surface area contributed by atoms with Crippen LogP contribution in [-0.4, -0.2) is 9.55 Å². The first-order valence-electron chi connectivity index (χ1n) is 5.78. The van der Waals surface area contributed by atoms with E-state index in [2.05, 4.69) is 4.98 Å². The minimum atomic E-state index is -4.38. The molecule has 2 aromatic rings. The number of hydrogen-bond donors (Lipinski definition) is 0. The Morgan fingerprint density at radius 3 is 2.72 bits per heavy atom. The second-order valence-corrected chi connectivity index (χ2v) is 4.40. The van der Waals surface area contributed by atoms with E-state index in [1.54, 1.807) is 4.57 Å². The van der Waals surface area contributed by atoms with E-state index in [0.29, 0.717) is 12.4 Å². The van der Waals surface area contributed by atoms with E-state index in [-0.39, 0.29) is 0 Å². The van der Waals surface area contributed by atoms with E-state index in [9.17, 15) is 13.2 Å². The van der Waals surface area contributed by atoms with E-state index < -0.39 is 11.9 Å². The average molecular weight is 252 g/mol. The fourth-order valence-electron chi connectivity index (χ4n) is 2.33. The van der Waals surface area contributed by atoms with Gasteiger partial charge in [-0.05, 0) is 18.4 Å². The Bertz CT molecular complexity index is 584. The molecular weight excluding hydrogens is 241 g/mol. The molecule has 2 nitrogen and oxygen atoms in total. The predicted molar refractivity (Wildman–Crippen MR) is 61.0 cm³/mol. The van der Waals surface area contributed by atoms with Crippen LogP contribution < -0.4 is 0 Å². The maximum absolute atomic E-state index is 12.7. The Labute approximate surface area is 102 Å². The van der Waals surface area contributed by atoms with Gasteiger partial charge in [0.1, 0.15) is 5.82 Å². The standard InChI is InChI=1S/C13H11F3N2/c14-13(15,16)11-8-18-7-3-5-9-4-1-2-6-10(9)12(18)17-11/h1-2,4,6,8H,3,5,7H2.